The van der Waals surface area contributed by atoms with Crippen molar-refractivity contribution in [3.8, 4) is 0 Å². The van der Waals surface area contributed by atoms with Crippen molar-refractivity contribution in [1.29, 1.82) is 0 Å². The highest BCUT2D eigenvalue weighted by Gasteiger charge is 2.31. The van der Waals surface area contributed by atoms with Crippen molar-refractivity contribution in [2.75, 3.05) is 20.8 Å². The SMILES string of the molecule is COCCc1noc(CN(C)C(=O)N2[C@@H](C)CCC[C@@H]2C)n1. The van der Waals surface area contributed by atoms with Crippen LogP contribution in [-0.2, 0) is 17.7 Å². The van der Waals surface area contributed by atoms with Crippen molar-refractivity contribution in [2.24, 2.45) is 0 Å². The maximum atomic E-state index is 12.6. The smallest absolute Gasteiger partial charge is 0.320 e. The van der Waals surface area contributed by atoms with E-state index in [1.54, 1.807) is 19.1 Å². The van der Waals surface area contributed by atoms with Crippen molar-refractivity contribution in [2.45, 2.75) is 58.2 Å². The van der Waals surface area contributed by atoms with E-state index in [0.717, 1.165) is 12.8 Å². The number of urea groups is 1. The summed E-state index contributed by atoms with van der Waals surface area (Å²) in [5.41, 5.74) is 0. The van der Waals surface area contributed by atoms with Crippen LogP contribution in [0.3, 0.4) is 0 Å². The molecule has 0 bridgehead atoms. The van der Waals surface area contributed by atoms with Crippen molar-refractivity contribution in [3.05, 3.63) is 11.7 Å². The van der Waals surface area contributed by atoms with E-state index in [1.807, 2.05) is 4.90 Å². The second-order valence-electron chi connectivity index (χ2n) is 6.02. The van der Waals surface area contributed by atoms with Gasteiger partial charge in [-0.2, -0.15) is 4.98 Å². The molecule has 2 rings (SSSR count). The molecule has 1 aromatic heterocycles. The summed E-state index contributed by atoms with van der Waals surface area (Å²) >= 11 is 0. The molecule has 0 aliphatic carbocycles. The third kappa shape index (κ3) is 3.97. The Hall–Kier alpha value is -1.63. The van der Waals surface area contributed by atoms with Crippen LogP contribution in [-0.4, -0.2) is 58.8 Å². The largest absolute Gasteiger partial charge is 0.384 e. The van der Waals surface area contributed by atoms with Gasteiger partial charge >= 0.3 is 6.03 Å². The van der Waals surface area contributed by atoms with E-state index >= 15 is 0 Å². The summed E-state index contributed by atoms with van der Waals surface area (Å²) in [6, 6.07) is 0.577. The standard InChI is InChI=1S/C15H26N4O3/c1-11-6-5-7-12(2)19(11)15(20)18(3)10-14-16-13(17-22-14)8-9-21-4/h11-12H,5-10H2,1-4H3/t11-,12-/m0/s1. The van der Waals surface area contributed by atoms with Crippen molar-refractivity contribution < 1.29 is 14.1 Å². The maximum Gasteiger partial charge on any atom is 0.320 e. The second-order valence-corrected chi connectivity index (χ2v) is 6.02. The van der Waals surface area contributed by atoms with Crippen LogP contribution < -0.4 is 0 Å². The second kappa shape index (κ2) is 7.58. The first-order valence-corrected chi connectivity index (χ1v) is 7.86. The lowest BCUT2D eigenvalue weighted by molar-refractivity contribution is 0.0942. The van der Waals surface area contributed by atoms with Gasteiger partial charge in [0.25, 0.3) is 0 Å². The number of carbonyl (C=O) groups is 1. The molecule has 22 heavy (non-hydrogen) atoms. The third-order valence-corrected chi connectivity index (χ3v) is 4.15. The van der Waals surface area contributed by atoms with E-state index < -0.39 is 0 Å². The molecule has 2 heterocycles. The number of methoxy groups -OCH3 is 1. The molecular weight excluding hydrogens is 284 g/mol. The predicted octanol–water partition coefficient (Wildman–Crippen LogP) is 2.07. The molecule has 0 aromatic carbocycles. The monoisotopic (exact) mass is 310 g/mol. The van der Waals surface area contributed by atoms with E-state index in [0.29, 0.717) is 31.3 Å². The number of likely N-dealkylation sites (tertiary alicyclic amines) is 1. The molecule has 0 radical (unpaired) electrons. The summed E-state index contributed by atoms with van der Waals surface area (Å²) in [5.74, 6) is 1.07. The zero-order chi connectivity index (χ0) is 16.1. The normalized spacial score (nSPS) is 21.9. The number of amides is 2. The van der Waals surface area contributed by atoms with Crippen LogP contribution >= 0.6 is 0 Å². The molecular formula is C15H26N4O3. The van der Waals surface area contributed by atoms with Crippen LogP contribution in [0.2, 0.25) is 0 Å². The molecule has 7 nitrogen and oxygen atoms in total. The number of rotatable bonds is 5. The minimum Gasteiger partial charge on any atom is -0.384 e. The molecule has 1 fully saturated rings. The Labute approximate surface area is 131 Å². The fourth-order valence-corrected chi connectivity index (χ4v) is 2.92. The molecule has 1 aliphatic heterocycles. The third-order valence-electron chi connectivity index (χ3n) is 4.15. The minimum absolute atomic E-state index is 0.0244. The van der Waals surface area contributed by atoms with Crippen LogP contribution in [0.1, 0.15) is 44.8 Å². The van der Waals surface area contributed by atoms with Gasteiger partial charge < -0.3 is 19.1 Å². The highest BCUT2D eigenvalue weighted by atomic mass is 16.5. The Morgan fingerprint density at radius 1 is 1.41 bits per heavy atom. The first-order chi connectivity index (χ1) is 10.5. The zero-order valence-electron chi connectivity index (χ0n) is 13.9. The number of hydrogen-bond donors (Lipinski definition) is 0. The fourth-order valence-electron chi connectivity index (χ4n) is 2.92. The number of aromatic nitrogens is 2. The predicted molar refractivity (Wildman–Crippen MR) is 81.4 cm³/mol. The molecule has 0 N–H and O–H groups in total. The van der Waals surface area contributed by atoms with Crippen LogP contribution in [0.15, 0.2) is 4.52 Å². The van der Waals surface area contributed by atoms with Gasteiger partial charge in [-0.15, -0.1) is 0 Å². The highest BCUT2D eigenvalue weighted by molar-refractivity contribution is 5.74. The fraction of sp³-hybridized carbons (Fsp3) is 0.800. The van der Waals surface area contributed by atoms with E-state index in [9.17, 15) is 4.79 Å². The number of hydrogen-bond acceptors (Lipinski definition) is 5. The summed E-state index contributed by atoms with van der Waals surface area (Å²) in [5, 5.41) is 3.89. The lowest BCUT2D eigenvalue weighted by atomic mass is 9.98. The van der Waals surface area contributed by atoms with Crippen LogP contribution in [0.25, 0.3) is 0 Å². The number of nitrogens with zero attached hydrogens (tertiary/aromatic N) is 4. The van der Waals surface area contributed by atoms with Gasteiger partial charge in [-0.25, -0.2) is 4.79 Å². The summed E-state index contributed by atoms with van der Waals surface area (Å²) in [6.45, 7) is 5.10. The average molecular weight is 310 g/mol. The first-order valence-electron chi connectivity index (χ1n) is 7.86. The Morgan fingerprint density at radius 3 is 2.73 bits per heavy atom. The topological polar surface area (TPSA) is 71.7 Å². The van der Waals surface area contributed by atoms with Gasteiger partial charge in [0.2, 0.25) is 5.89 Å². The molecule has 1 aliphatic rings. The number of ether oxygens (including phenoxy) is 1. The molecule has 2 atom stereocenters. The van der Waals surface area contributed by atoms with Crippen LogP contribution in [0.5, 0.6) is 0 Å². The Kier molecular flexibility index (Phi) is 5.76. The van der Waals surface area contributed by atoms with Gasteiger partial charge in [0.05, 0.1) is 6.61 Å². The first kappa shape index (κ1) is 16.7. The van der Waals surface area contributed by atoms with Crippen molar-refractivity contribution in [3.63, 3.8) is 0 Å². The Bertz CT molecular complexity index is 481. The van der Waals surface area contributed by atoms with Crippen LogP contribution in [0.4, 0.5) is 4.79 Å². The van der Waals surface area contributed by atoms with E-state index in [-0.39, 0.29) is 18.1 Å². The van der Waals surface area contributed by atoms with Crippen molar-refractivity contribution in [1.82, 2.24) is 19.9 Å². The summed E-state index contributed by atoms with van der Waals surface area (Å²) in [4.78, 5) is 20.5. The van der Waals surface area contributed by atoms with Gasteiger partial charge in [0.1, 0.15) is 6.54 Å². The lowest BCUT2D eigenvalue weighted by Crippen LogP contribution is -2.52. The van der Waals surface area contributed by atoms with Crippen molar-refractivity contribution >= 4 is 6.03 Å². The molecule has 1 saturated heterocycles. The number of carbonyl (C=O) groups excluding carboxylic acids is 1. The molecule has 0 saturated carbocycles. The molecule has 0 unspecified atom stereocenters. The molecule has 2 amide bonds. The zero-order valence-corrected chi connectivity index (χ0v) is 13.9. The van der Waals surface area contributed by atoms with Gasteiger partial charge in [0.15, 0.2) is 5.82 Å². The van der Waals surface area contributed by atoms with E-state index in [2.05, 4.69) is 24.0 Å². The minimum atomic E-state index is 0.0244. The van der Waals surface area contributed by atoms with Crippen LogP contribution in [0, 0.1) is 0 Å². The van der Waals surface area contributed by atoms with E-state index in [1.165, 1.54) is 6.42 Å². The average Bonchev–Trinajstić information content (AvgIpc) is 2.92. The van der Waals surface area contributed by atoms with Gasteiger partial charge in [-0.1, -0.05) is 5.16 Å². The molecule has 0 spiro atoms. The summed E-state index contributed by atoms with van der Waals surface area (Å²) < 4.78 is 10.2. The van der Waals surface area contributed by atoms with Gasteiger partial charge in [0, 0.05) is 32.7 Å². The quantitative estimate of drug-likeness (QED) is 0.832. The molecule has 7 heteroatoms. The summed E-state index contributed by atoms with van der Waals surface area (Å²) in [7, 11) is 3.41. The summed E-state index contributed by atoms with van der Waals surface area (Å²) in [6.07, 6.45) is 3.91. The highest BCUT2D eigenvalue weighted by Crippen LogP contribution is 2.23. The number of piperidine rings is 1. The maximum absolute atomic E-state index is 12.6. The molecule has 124 valence electrons. The Balaban J connectivity index is 1.94. The van der Waals surface area contributed by atoms with E-state index in [4.69, 9.17) is 9.26 Å². The Morgan fingerprint density at radius 2 is 2.09 bits per heavy atom. The molecule has 1 aromatic rings. The van der Waals surface area contributed by atoms with Gasteiger partial charge in [-0.3, -0.25) is 0 Å². The van der Waals surface area contributed by atoms with Gasteiger partial charge in [-0.05, 0) is 33.1 Å². The lowest BCUT2D eigenvalue weighted by Gasteiger charge is -2.40.